The Morgan fingerprint density at radius 2 is 1.71 bits per heavy atom. The quantitative estimate of drug-likeness (QED) is 0.531. The van der Waals surface area contributed by atoms with Crippen molar-refractivity contribution in [2.24, 2.45) is 0 Å². The van der Waals surface area contributed by atoms with E-state index in [-0.39, 0.29) is 20.1 Å². The molecule has 0 atom stereocenters. The Balaban J connectivity index is 1.88. The van der Waals surface area contributed by atoms with Crippen molar-refractivity contribution in [2.45, 2.75) is 4.21 Å². The van der Waals surface area contributed by atoms with Crippen LogP contribution in [0, 0.1) is 0 Å². The van der Waals surface area contributed by atoms with Crippen LogP contribution in [0.1, 0.15) is 20.7 Å². The van der Waals surface area contributed by atoms with Crippen LogP contribution >= 0.6 is 22.9 Å². The van der Waals surface area contributed by atoms with Gasteiger partial charge in [-0.2, -0.15) is 0 Å². The van der Waals surface area contributed by atoms with Gasteiger partial charge in [0.15, 0.2) is 0 Å². The number of thiophene rings is 1. The molecule has 10 heteroatoms. The SMILES string of the molecule is COC(=O)c1ccc(NS(=O)(=O)c2cc(-c3cccc(C(=O)N(C)C)c3)c(Cl)s2)cc1. The molecule has 0 spiro atoms. The molecule has 0 aliphatic carbocycles. The molecule has 0 radical (unpaired) electrons. The first kappa shape index (κ1) is 22.8. The van der Waals surface area contributed by atoms with Gasteiger partial charge < -0.3 is 9.64 Å². The molecule has 1 N–H and O–H groups in total. The van der Waals surface area contributed by atoms with Crippen LogP contribution in [-0.4, -0.2) is 46.4 Å². The summed E-state index contributed by atoms with van der Waals surface area (Å²) in [4.78, 5) is 25.2. The van der Waals surface area contributed by atoms with Crippen molar-refractivity contribution >= 4 is 50.5 Å². The van der Waals surface area contributed by atoms with Crippen LogP contribution in [0.4, 0.5) is 5.69 Å². The molecule has 1 heterocycles. The summed E-state index contributed by atoms with van der Waals surface area (Å²) in [6, 6.07) is 14.2. The minimum atomic E-state index is -3.91. The highest BCUT2D eigenvalue weighted by Crippen LogP contribution is 2.38. The van der Waals surface area contributed by atoms with Gasteiger partial charge in [0, 0.05) is 30.9 Å². The van der Waals surface area contributed by atoms with E-state index in [9.17, 15) is 18.0 Å². The summed E-state index contributed by atoms with van der Waals surface area (Å²) in [6.07, 6.45) is 0. The fraction of sp³-hybridized carbons (Fsp3) is 0.143. The number of carbonyl (C=O) groups excluding carboxylic acids is 2. The van der Waals surface area contributed by atoms with Crippen LogP contribution in [0.25, 0.3) is 11.1 Å². The molecule has 0 aliphatic heterocycles. The Morgan fingerprint density at radius 3 is 2.32 bits per heavy atom. The molecule has 0 saturated heterocycles. The lowest BCUT2D eigenvalue weighted by molar-refractivity contribution is 0.0600. The van der Waals surface area contributed by atoms with Crippen LogP contribution in [0.3, 0.4) is 0 Å². The van der Waals surface area contributed by atoms with E-state index in [4.69, 9.17) is 11.6 Å². The predicted octanol–water partition coefficient (Wildman–Crippen LogP) is 4.36. The van der Waals surface area contributed by atoms with Gasteiger partial charge in [-0.3, -0.25) is 9.52 Å². The number of amides is 1. The summed E-state index contributed by atoms with van der Waals surface area (Å²) >= 11 is 7.25. The number of nitrogens with one attached hydrogen (secondary N) is 1. The summed E-state index contributed by atoms with van der Waals surface area (Å²) in [7, 11) is 0.665. The molecule has 162 valence electrons. The number of sulfonamides is 1. The zero-order valence-corrected chi connectivity index (χ0v) is 19.3. The average Bonchev–Trinajstić information content (AvgIpc) is 3.15. The second kappa shape index (κ2) is 9.09. The third kappa shape index (κ3) is 5.07. The Hall–Kier alpha value is -2.88. The first-order chi connectivity index (χ1) is 14.6. The van der Waals surface area contributed by atoms with E-state index < -0.39 is 16.0 Å². The Bertz CT molecular complexity index is 1230. The third-order valence-corrected chi connectivity index (χ3v) is 7.53. The number of hydrogen-bond donors (Lipinski definition) is 1. The lowest BCUT2D eigenvalue weighted by atomic mass is 10.1. The van der Waals surface area contributed by atoms with Gasteiger partial charge in [-0.25, -0.2) is 13.2 Å². The van der Waals surface area contributed by atoms with E-state index in [1.807, 2.05) is 0 Å². The topological polar surface area (TPSA) is 92.8 Å². The minimum absolute atomic E-state index is 0.0221. The fourth-order valence-corrected chi connectivity index (χ4v) is 5.58. The normalized spacial score (nSPS) is 11.1. The first-order valence-corrected chi connectivity index (χ1v) is 11.6. The molecule has 3 aromatic rings. The number of esters is 1. The van der Waals surface area contributed by atoms with E-state index in [1.54, 1.807) is 38.4 Å². The van der Waals surface area contributed by atoms with Crippen molar-refractivity contribution < 1.29 is 22.7 Å². The average molecular weight is 479 g/mol. The number of benzene rings is 2. The standard InChI is InChI=1S/C21H19ClN2O5S2/c1-24(2)20(25)15-6-4-5-14(11-15)17-12-18(30-19(17)22)31(27,28)23-16-9-7-13(8-10-16)21(26)29-3/h4-12,23H,1-3H3. The van der Waals surface area contributed by atoms with Gasteiger partial charge in [0.2, 0.25) is 0 Å². The molecule has 31 heavy (non-hydrogen) atoms. The van der Waals surface area contributed by atoms with E-state index in [1.165, 1.54) is 42.3 Å². The summed E-state index contributed by atoms with van der Waals surface area (Å²) in [5.74, 6) is -0.683. The number of rotatable bonds is 6. The van der Waals surface area contributed by atoms with Gasteiger partial charge in [0.05, 0.1) is 12.7 Å². The van der Waals surface area contributed by atoms with Crippen molar-refractivity contribution in [1.29, 1.82) is 0 Å². The Kier molecular flexibility index (Phi) is 6.68. The molecule has 0 fully saturated rings. The van der Waals surface area contributed by atoms with Gasteiger partial charge in [-0.1, -0.05) is 23.7 Å². The van der Waals surface area contributed by atoms with Gasteiger partial charge >= 0.3 is 5.97 Å². The van der Waals surface area contributed by atoms with Crippen molar-refractivity contribution in [3.05, 3.63) is 70.1 Å². The maximum atomic E-state index is 12.8. The number of nitrogens with zero attached hydrogens (tertiary/aromatic N) is 1. The lowest BCUT2D eigenvalue weighted by Crippen LogP contribution is -2.21. The largest absolute Gasteiger partial charge is 0.465 e. The molecule has 0 saturated carbocycles. The van der Waals surface area contributed by atoms with E-state index in [0.717, 1.165) is 11.3 Å². The second-order valence-electron chi connectivity index (χ2n) is 6.71. The molecule has 2 aromatic carbocycles. The zero-order chi connectivity index (χ0) is 22.8. The van der Waals surface area contributed by atoms with Gasteiger partial charge in [-0.05, 0) is 48.0 Å². The smallest absolute Gasteiger partial charge is 0.337 e. The molecule has 3 rings (SSSR count). The van der Waals surface area contributed by atoms with Crippen molar-refractivity contribution in [2.75, 3.05) is 25.9 Å². The number of anilines is 1. The van der Waals surface area contributed by atoms with Gasteiger partial charge in [-0.15, -0.1) is 11.3 Å². The third-order valence-electron chi connectivity index (χ3n) is 4.31. The highest BCUT2D eigenvalue weighted by molar-refractivity contribution is 7.94. The number of ether oxygens (including phenoxy) is 1. The van der Waals surface area contributed by atoms with Gasteiger partial charge in [0.25, 0.3) is 15.9 Å². The maximum absolute atomic E-state index is 12.8. The zero-order valence-electron chi connectivity index (χ0n) is 16.9. The monoisotopic (exact) mass is 478 g/mol. The molecule has 1 aromatic heterocycles. The van der Waals surface area contributed by atoms with E-state index in [2.05, 4.69) is 9.46 Å². The molecule has 0 aliphatic rings. The molecule has 0 bridgehead atoms. The molecule has 7 nitrogen and oxygen atoms in total. The van der Waals surface area contributed by atoms with Crippen LogP contribution in [-0.2, 0) is 14.8 Å². The summed E-state index contributed by atoms with van der Waals surface area (Å²) < 4.78 is 33.1. The number of methoxy groups -OCH3 is 1. The number of carbonyl (C=O) groups is 2. The fourth-order valence-electron chi connectivity index (χ4n) is 2.75. The molecule has 0 unspecified atom stereocenters. The maximum Gasteiger partial charge on any atom is 0.337 e. The Labute approximate surface area is 189 Å². The summed E-state index contributed by atoms with van der Waals surface area (Å²) in [5, 5.41) is 0. The highest BCUT2D eigenvalue weighted by atomic mass is 35.5. The predicted molar refractivity (Wildman–Crippen MR) is 121 cm³/mol. The molecule has 1 amide bonds. The second-order valence-corrected chi connectivity index (χ2v) is 10.3. The van der Waals surface area contributed by atoms with E-state index in [0.29, 0.717) is 22.3 Å². The summed E-state index contributed by atoms with van der Waals surface area (Å²) in [6.45, 7) is 0. The molecular formula is C21H19ClN2O5S2. The molecular weight excluding hydrogens is 460 g/mol. The van der Waals surface area contributed by atoms with Crippen LogP contribution in [0.2, 0.25) is 4.34 Å². The minimum Gasteiger partial charge on any atom is -0.465 e. The van der Waals surface area contributed by atoms with Crippen LogP contribution in [0.15, 0.2) is 58.8 Å². The van der Waals surface area contributed by atoms with Crippen LogP contribution < -0.4 is 4.72 Å². The number of hydrogen-bond acceptors (Lipinski definition) is 6. The highest BCUT2D eigenvalue weighted by Gasteiger charge is 2.21. The van der Waals surface area contributed by atoms with Crippen LogP contribution in [0.5, 0.6) is 0 Å². The lowest BCUT2D eigenvalue weighted by Gasteiger charge is -2.11. The first-order valence-electron chi connectivity index (χ1n) is 8.95. The summed E-state index contributed by atoms with van der Waals surface area (Å²) in [5.41, 5.74) is 2.22. The van der Waals surface area contributed by atoms with Crippen molar-refractivity contribution in [3.8, 4) is 11.1 Å². The van der Waals surface area contributed by atoms with E-state index >= 15 is 0 Å². The number of halogens is 1. The van der Waals surface area contributed by atoms with Crippen molar-refractivity contribution in [1.82, 2.24) is 4.90 Å². The van der Waals surface area contributed by atoms with Crippen molar-refractivity contribution in [3.63, 3.8) is 0 Å². The van der Waals surface area contributed by atoms with Gasteiger partial charge in [0.1, 0.15) is 8.55 Å². The Morgan fingerprint density at radius 1 is 1.03 bits per heavy atom.